The van der Waals surface area contributed by atoms with Gasteiger partial charge in [0.2, 0.25) is 5.91 Å². The largest absolute Gasteiger partial charge is 0.299 e. The van der Waals surface area contributed by atoms with Crippen molar-refractivity contribution in [3.63, 3.8) is 0 Å². The predicted molar refractivity (Wildman–Crippen MR) is 62.1 cm³/mol. The van der Waals surface area contributed by atoms with E-state index in [1.807, 2.05) is 26.1 Å². The Bertz CT molecular complexity index is 328. The number of hydrogen-bond donors (Lipinski definition) is 2. The lowest BCUT2D eigenvalue weighted by molar-refractivity contribution is -0.122. The SMILES string of the molecule is CC(CC(=O)NN)N(C)Cc1ccncc1. The van der Waals surface area contributed by atoms with E-state index in [0.717, 1.165) is 6.54 Å². The van der Waals surface area contributed by atoms with E-state index in [4.69, 9.17) is 5.84 Å². The summed E-state index contributed by atoms with van der Waals surface area (Å²) in [6, 6.07) is 4.08. The number of nitrogens with zero attached hydrogens (tertiary/aromatic N) is 2. The molecule has 0 saturated heterocycles. The molecule has 1 heterocycles. The summed E-state index contributed by atoms with van der Waals surface area (Å²) in [5.74, 6) is 4.90. The molecule has 1 rings (SSSR count). The Morgan fingerprint density at radius 1 is 1.56 bits per heavy atom. The van der Waals surface area contributed by atoms with Gasteiger partial charge in [0, 0.05) is 31.4 Å². The summed E-state index contributed by atoms with van der Waals surface area (Å²) >= 11 is 0. The average molecular weight is 222 g/mol. The van der Waals surface area contributed by atoms with E-state index in [0.29, 0.717) is 6.42 Å². The molecule has 0 aliphatic heterocycles. The van der Waals surface area contributed by atoms with Gasteiger partial charge in [-0.3, -0.25) is 20.1 Å². The molecule has 0 aliphatic carbocycles. The summed E-state index contributed by atoms with van der Waals surface area (Å²) in [6.07, 6.45) is 3.93. The normalized spacial score (nSPS) is 12.5. The Morgan fingerprint density at radius 2 is 2.19 bits per heavy atom. The fourth-order valence-corrected chi connectivity index (χ4v) is 1.42. The summed E-state index contributed by atoms with van der Waals surface area (Å²) in [5, 5.41) is 0. The number of pyridine rings is 1. The van der Waals surface area contributed by atoms with Crippen LogP contribution in [0.25, 0.3) is 0 Å². The van der Waals surface area contributed by atoms with Gasteiger partial charge < -0.3 is 0 Å². The summed E-state index contributed by atoms with van der Waals surface area (Å²) < 4.78 is 0. The Morgan fingerprint density at radius 3 is 2.75 bits per heavy atom. The van der Waals surface area contributed by atoms with Gasteiger partial charge in [-0.2, -0.15) is 0 Å². The molecule has 0 spiro atoms. The van der Waals surface area contributed by atoms with E-state index in [-0.39, 0.29) is 11.9 Å². The molecule has 0 aliphatic rings. The molecule has 1 aromatic rings. The lowest BCUT2D eigenvalue weighted by Gasteiger charge is -2.23. The number of carbonyl (C=O) groups excluding carboxylic acids is 1. The van der Waals surface area contributed by atoms with Crippen molar-refractivity contribution in [1.29, 1.82) is 0 Å². The number of nitrogens with one attached hydrogen (secondary N) is 1. The molecule has 1 aromatic heterocycles. The molecule has 5 heteroatoms. The predicted octanol–water partition coefficient (Wildman–Crippen LogP) is 0.282. The molecule has 3 N–H and O–H groups in total. The summed E-state index contributed by atoms with van der Waals surface area (Å²) in [6.45, 7) is 2.79. The third-order valence-electron chi connectivity index (χ3n) is 2.58. The maximum absolute atomic E-state index is 11.1. The first kappa shape index (κ1) is 12.6. The van der Waals surface area contributed by atoms with Gasteiger partial charge in [-0.25, -0.2) is 5.84 Å². The Labute approximate surface area is 95.6 Å². The highest BCUT2D eigenvalue weighted by Crippen LogP contribution is 2.07. The monoisotopic (exact) mass is 222 g/mol. The molecule has 5 nitrogen and oxygen atoms in total. The number of amides is 1. The second kappa shape index (κ2) is 6.19. The van der Waals surface area contributed by atoms with Crippen LogP contribution in [-0.4, -0.2) is 28.9 Å². The molecule has 0 fully saturated rings. The smallest absolute Gasteiger partial charge is 0.235 e. The van der Waals surface area contributed by atoms with Gasteiger partial charge in [-0.05, 0) is 31.7 Å². The van der Waals surface area contributed by atoms with Crippen LogP contribution in [0.1, 0.15) is 18.9 Å². The lowest BCUT2D eigenvalue weighted by atomic mass is 10.1. The molecule has 1 unspecified atom stereocenters. The van der Waals surface area contributed by atoms with Crippen molar-refractivity contribution in [2.24, 2.45) is 5.84 Å². The van der Waals surface area contributed by atoms with Crippen LogP contribution in [0.4, 0.5) is 0 Å². The van der Waals surface area contributed by atoms with Crippen molar-refractivity contribution >= 4 is 5.91 Å². The molecule has 1 amide bonds. The Hall–Kier alpha value is -1.46. The number of nitrogens with two attached hydrogens (primary N) is 1. The molecule has 0 bridgehead atoms. The second-order valence-corrected chi connectivity index (χ2v) is 3.89. The van der Waals surface area contributed by atoms with E-state index in [2.05, 4.69) is 15.3 Å². The van der Waals surface area contributed by atoms with E-state index in [1.54, 1.807) is 12.4 Å². The fourth-order valence-electron chi connectivity index (χ4n) is 1.42. The van der Waals surface area contributed by atoms with E-state index in [9.17, 15) is 4.79 Å². The fraction of sp³-hybridized carbons (Fsp3) is 0.455. The van der Waals surface area contributed by atoms with Gasteiger partial charge in [0.05, 0.1) is 0 Å². The zero-order chi connectivity index (χ0) is 12.0. The Balaban J connectivity index is 2.46. The van der Waals surface area contributed by atoms with Gasteiger partial charge in [-0.15, -0.1) is 0 Å². The quantitative estimate of drug-likeness (QED) is 0.426. The molecule has 1 atom stereocenters. The first-order valence-electron chi connectivity index (χ1n) is 5.22. The number of hydrogen-bond acceptors (Lipinski definition) is 4. The molecule has 0 saturated carbocycles. The van der Waals surface area contributed by atoms with E-state index in [1.165, 1.54) is 5.56 Å². The van der Waals surface area contributed by atoms with Crippen molar-refractivity contribution in [1.82, 2.24) is 15.3 Å². The molecular weight excluding hydrogens is 204 g/mol. The third-order valence-corrected chi connectivity index (χ3v) is 2.58. The van der Waals surface area contributed by atoms with Crippen molar-refractivity contribution in [3.8, 4) is 0 Å². The maximum atomic E-state index is 11.1. The minimum Gasteiger partial charge on any atom is -0.299 e. The zero-order valence-corrected chi connectivity index (χ0v) is 9.68. The molecule has 0 aromatic carbocycles. The van der Waals surface area contributed by atoms with Crippen molar-refractivity contribution in [3.05, 3.63) is 30.1 Å². The lowest BCUT2D eigenvalue weighted by Crippen LogP contribution is -2.37. The van der Waals surface area contributed by atoms with Crippen LogP contribution in [0.3, 0.4) is 0 Å². The highest BCUT2D eigenvalue weighted by Gasteiger charge is 2.13. The molecular formula is C11H18N4O. The van der Waals surface area contributed by atoms with Crippen LogP contribution in [0.2, 0.25) is 0 Å². The molecule has 16 heavy (non-hydrogen) atoms. The van der Waals surface area contributed by atoms with Crippen LogP contribution < -0.4 is 11.3 Å². The first-order valence-corrected chi connectivity index (χ1v) is 5.22. The number of aromatic nitrogens is 1. The highest BCUT2D eigenvalue weighted by atomic mass is 16.2. The number of hydrazine groups is 1. The topological polar surface area (TPSA) is 71.2 Å². The minimum absolute atomic E-state index is 0.144. The number of rotatable bonds is 5. The minimum atomic E-state index is -0.144. The van der Waals surface area contributed by atoms with Gasteiger partial charge in [-0.1, -0.05) is 0 Å². The summed E-state index contributed by atoms with van der Waals surface area (Å²) in [4.78, 5) is 17.2. The molecule has 0 radical (unpaired) electrons. The van der Waals surface area contributed by atoms with Crippen LogP contribution >= 0.6 is 0 Å². The van der Waals surface area contributed by atoms with Crippen LogP contribution in [0.5, 0.6) is 0 Å². The van der Waals surface area contributed by atoms with Gasteiger partial charge in [0.1, 0.15) is 0 Å². The maximum Gasteiger partial charge on any atom is 0.235 e. The third kappa shape index (κ3) is 3.96. The van der Waals surface area contributed by atoms with Gasteiger partial charge in [0.15, 0.2) is 0 Å². The average Bonchev–Trinajstić information content (AvgIpc) is 2.30. The first-order chi connectivity index (χ1) is 7.63. The van der Waals surface area contributed by atoms with Gasteiger partial charge >= 0.3 is 0 Å². The van der Waals surface area contributed by atoms with Crippen molar-refractivity contribution in [2.75, 3.05) is 7.05 Å². The second-order valence-electron chi connectivity index (χ2n) is 3.89. The van der Waals surface area contributed by atoms with Crippen molar-refractivity contribution < 1.29 is 4.79 Å². The zero-order valence-electron chi connectivity index (χ0n) is 9.68. The molecule has 88 valence electrons. The summed E-state index contributed by atoms with van der Waals surface area (Å²) in [7, 11) is 1.98. The number of carbonyl (C=O) groups is 1. The Kier molecular flexibility index (Phi) is 4.88. The van der Waals surface area contributed by atoms with Crippen LogP contribution in [-0.2, 0) is 11.3 Å². The summed E-state index contributed by atoms with van der Waals surface area (Å²) in [5.41, 5.74) is 3.32. The van der Waals surface area contributed by atoms with Gasteiger partial charge in [0.25, 0.3) is 0 Å². The van der Waals surface area contributed by atoms with E-state index < -0.39 is 0 Å². The van der Waals surface area contributed by atoms with Crippen LogP contribution in [0.15, 0.2) is 24.5 Å². The van der Waals surface area contributed by atoms with Crippen molar-refractivity contribution in [2.45, 2.75) is 25.9 Å². The highest BCUT2D eigenvalue weighted by molar-refractivity contribution is 5.75. The standard InChI is InChI=1S/C11H18N4O/c1-9(7-11(16)14-12)15(2)8-10-3-5-13-6-4-10/h3-6,9H,7-8,12H2,1-2H3,(H,14,16). The van der Waals surface area contributed by atoms with E-state index >= 15 is 0 Å². The van der Waals surface area contributed by atoms with Crippen LogP contribution in [0, 0.1) is 0 Å².